The number of allylic oxidation sites excluding steroid dienone is 32. The van der Waals surface area contributed by atoms with Gasteiger partial charge in [0.1, 0.15) is 6.61 Å². The van der Waals surface area contributed by atoms with Gasteiger partial charge in [0.25, 0.3) is 0 Å². The van der Waals surface area contributed by atoms with E-state index in [0.717, 1.165) is 154 Å². The Morgan fingerprint density at radius 1 is 0.295 bits per heavy atom. The molecule has 0 amide bonds. The van der Waals surface area contributed by atoms with E-state index < -0.39 is 6.10 Å². The third-order valence-corrected chi connectivity index (χ3v) is 12.4. The quantitative estimate of drug-likeness (QED) is 0.0373. The number of aliphatic hydroxyl groups is 1. The van der Waals surface area contributed by atoms with Gasteiger partial charge in [-0.05, 0) is 141 Å². The number of rotatable bonds is 54. The Bertz CT molecular complexity index is 1830. The third kappa shape index (κ3) is 63.3. The molecule has 0 saturated carbocycles. The van der Waals surface area contributed by atoms with Gasteiger partial charge < -0.3 is 14.6 Å². The molecule has 0 heterocycles. The fourth-order valence-electron chi connectivity index (χ4n) is 7.82. The lowest BCUT2D eigenvalue weighted by atomic mass is 10.1. The summed E-state index contributed by atoms with van der Waals surface area (Å²) in [5.41, 5.74) is 0. The molecule has 0 aliphatic heterocycles. The zero-order valence-electron chi connectivity index (χ0n) is 49.6. The topological polar surface area (TPSA) is 72.8 Å². The molecule has 0 spiro atoms. The van der Waals surface area contributed by atoms with Crippen LogP contribution in [0.2, 0.25) is 0 Å². The minimum absolute atomic E-state index is 0.0908. The maximum absolute atomic E-state index is 12.3. The van der Waals surface area contributed by atoms with E-state index in [1.807, 2.05) is 0 Å². The van der Waals surface area contributed by atoms with Gasteiger partial charge in [-0.3, -0.25) is 9.59 Å². The smallest absolute Gasteiger partial charge is 0.306 e. The molecule has 78 heavy (non-hydrogen) atoms. The minimum Gasteiger partial charge on any atom is -0.462 e. The first-order valence-electron chi connectivity index (χ1n) is 31.0. The molecule has 0 aromatic rings. The van der Waals surface area contributed by atoms with E-state index in [2.05, 4.69) is 208 Å². The molecule has 0 aliphatic carbocycles. The van der Waals surface area contributed by atoms with E-state index in [-0.39, 0.29) is 25.2 Å². The molecule has 5 nitrogen and oxygen atoms in total. The van der Waals surface area contributed by atoms with Crippen molar-refractivity contribution in [3.05, 3.63) is 194 Å². The number of hydrogen-bond acceptors (Lipinski definition) is 5. The summed E-state index contributed by atoms with van der Waals surface area (Å²) < 4.78 is 10.7. The summed E-state index contributed by atoms with van der Waals surface area (Å²) in [5.74, 6) is -0.632. The first kappa shape index (κ1) is 72.7. The van der Waals surface area contributed by atoms with Crippen molar-refractivity contribution >= 4 is 11.9 Å². The fourth-order valence-corrected chi connectivity index (χ4v) is 7.82. The van der Waals surface area contributed by atoms with Crippen molar-refractivity contribution in [2.24, 2.45) is 0 Å². The molecule has 1 unspecified atom stereocenters. The van der Waals surface area contributed by atoms with E-state index in [4.69, 9.17) is 9.47 Å². The summed E-state index contributed by atoms with van der Waals surface area (Å²) in [6.07, 6.45) is 105. The molecule has 0 saturated heterocycles. The number of carbonyl (C=O) groups excluding carboxylic acids is 2. The molecule has 0 radical (unpaired) electrons. The van der Waals surface area contributed by atoms with E-state index >= 15 is 0 Å². The lowest BCUT2D eigenvalue weighted by Gasteiger charge is -2.15. The van der Waals surface area contributed by atoms with Gasteiger partial charge in [0, 0.05) is 12.8 Å². The molecule has 0 bridgehead atoms. The molecule has 434 valence electrons. The van der Waals surface area contributed by atoms with Crippen LogP contribution in [0, 0.1) is 0 Å². The summed E-state index contributed by atoms with van der Waals surface area (Å²) in [4.78, 5) is 24.6. The number of hydrogen-bond donors (Lipinski definition) is 1. The largest absolute Gasteiger partial charge is 0.462 e. The minimum atomic E-state index is -0.801. The average Bonchev–Trinajstić information content (AvgIpc) is 3.44. The van der Waals surface area contributed by atoms with Gasteiger partial charge in [-0.15, -0.1) is 0 Å². The van der Waals surface area contributed by atoms with Crippen LogP contribution in [-0.2, 0) is 19.1 Å². The zero-order valence-corrected chi connectivity index (χ0v) is 49.6. The first-order valence-corrected chi connectivity index (χ1v) is 31.0. The zero-order chi connectivity index (χ0) is 56.2. The molecule has 0 aromatic carbocycles. The van der Waals surface area contributed by atoms with Crippen LogP contribution in [0.5, 0.6) is 0 Å². The number of ether oxygens (including phenoxy) is 2. The molecule has 0 fully saturated rings. The van der Waals surface area contributed by atoms with Crippen molar-refractivity contribution in [2.45, 2.75) is 238 Å². The van der Waals surface area contributed by atoms with Gasteiger partial charge >= 0.3 is 11.9 Å². The maximum Gasteiger partial charge on any atom is 0.306 e. The summed E-state index contributed by atoms with van der Waals surface area (Å²) >= 11 is 0. The van der Waals surface area contributed by atoms with Crippen LogP contribution in [0.4, 0.5) is 0 Å². The van der Waals surface area contributed by atoms with Crippen molar-refractivity contribution in [1.82, 2.24) is 0 Å². The molecular weight excluding hydrogens is 957 g/mol. The summed E-state index contributed by atoms with van der Waals surface area (Å²) in [6, 6.07) is 0. The lowest BCUT2D eigenvalue weighted by molar-refractivity contribution is -0.161. The molecule has 0 aromatic heterocycles. The Labute approximate surface area is 479 Å². The highest BCUT2D eigenvalue weighted by atomic mass is 16.6. The van der Waals surface area contributed by atoms with Gasteiger partial charge in [-0.2, -0.15) is 0 Å². The van der Waals surface area contributed by atoms with Gasteiger partial charge in [0.2, 0.25) is 0 Å². The molecule has 0 aliphatic rings. The van der Waals surface area contributed by atoms with Crippen molar-refractivity contribution < 1.29 is 24.2 Å². The van der Waals surface area contributed by atoms with Crippen LogP contribution in [0.3, 0.4) is 0 Å². The lowest BCUT2D eigenvalue weighted by Crippen LogP contribution is -2.28. The van der Waals surface area contributed by atoms with Crippen LogP contribution in [0.15, 0.2) is 194 Å². The highest BCUT2D eigenvalue weighted by Crippen LogP contribution is 2.13. The SMILES string of the molecule is CC/C=C\C/C=C\C/C=C\C/C=C\C/C=C\C/C=C\C/C=C\C/C=C\CCCCCCCCCCC(=O)OC(CO)COC(=O)CCCCCCCC/C=C\C/C=C\C/C=C\C/C=C\C/C=C\C/C=C\C/C=C\C/C=C\CC. The Morgan fingerprint density at radius 2 is 0.513 bits per heavy atom. The first-order chi connectivity index (χ1) is 38.6. The number of aliphatic hydroxyl groups excluding tert-OH is 1. The van der Waals surface area contributed by atoms with Crippen molar-refractivity contribution in [2.75, 3.05) is 13.2 Å². The third-order valence-electron chi connectivity index (χ3n) is 12.4. The maximum atomic E-state index is 12.3. The normalized spacial score (nSPS) is 13.6. The predicted octanol–water partition coefficient (Wildman–Crippen LogP) is 21.6. The highest BCUT2D eigenvalue weighted by Gasteiger charge is 2.16. The number of carbonyl (C=O) groups is 2. The second-order valence-corrected chi connectivity index (χ2v) is 19.7. The molecule has 5 heteroatoms. The van der Waals surface area contributed by atoms with Crippen molar-refractivity contribution in [3.8, 4) is 0 Å². The van der Waals surface area contributed by atoms with Crippen LogP contribution in [0.25, 0.3) is 0 Å². The van der Waals surface area contributed by atoms with Gasteiger partial charge in [0.05, 0.1) is 6.61 Å². The molecule has 1 atom stereocenters. The predicted molar refractivity (Wildman–Crippen MR) is 342 cm³/mol. The van der Waals surface area contributed by atoms with E-state index in [9.17, 15) is 14.7 Å². The number of unbranched alkanes of at least 4 members (excludes halogenated alkanes) is 14. The van der Waals surface area contributed by atoms with E-state index in [1.165, 1.54) is 51.4 Å². The Balaban J connectivity index is 3.65. The van der Waals surface area contributed by atoms with Crippen molar-refractivity contribution in [3.63, 3.8) is 0 Å². The monoisotopic (exact) mass is 1070 g/mol. The second-order valence-electron chi connectivity index (χ2n) is 19.7. The van der Waals surface area contributed by atoms with Crippen molar-refractivity contribution in [1.29, 1.82) is 0 Å². The van der Waals surface area contributed by atoms with Crippen LogP contribution >= 0.6 is 0 Å². The fraction of sp³-hybridized carbons (Fsp3) is 0.534. The Kier molecular flexibility index (Phi) is 61.6. The Morgan fingerprint density at radius 3 is 0.769 bits per heavy atom. The summed E-state index contributed by atoms with van der Waals surface area (Å²) in [5, 5.41) is 9.68. The van der Waals surface area contributed by atoms with E-state index in [0.29, 0.717) is 12.8 Å². The highest BCUT2D eigenvalue weighted by molar-refractivity contribution is 5.70. The second kappa shape index (κ2) is 66.0. The van der Waals surface area contributed by atoms with Gasteiger partial charge in [0.15, 0.2) is 6.10 Å². The summed E-state index contributed by atoms with van der Waals surface area (Å²) in [7, 11) is 0. The van der Waals surface area contributed by atoms with E-state index in [1.54, 1.807) is 0 Å². The van der Waals surface area contributed by atoms with Crippen LogP contribution in [0.1, 0.15) is 232 Å². The standard InChI is InChI=1S/C73H112O5/c1-3-5-7-9-11-13-15-17-19-21-23-25-27-29-31-33-35-36-38-40-42-44-46-48-50-52-54-56-58-60-62-64-66-68-73(76)78-71(69-74)70-77-72(75)67-65-63-61-59-57-55-53-51-49-47-45-43-41-39-37-34-32-30-28-26-24-22-20-18-16-14-12-10-8-6-4-2/h5-8,11-14,17-20,23-26,29-32,35-37,39-40,42-43,45-46,48-49,51,71,74H,3-4,9-10,15-16,21-22,27-28,33-34,38,41,44,47,50,52-70H2,1-2H3/b7-5-,8-6-,13-11-,14-12-,19-17-,20-18-,25-23-,26-24-,31-29-,32-30-,36-35-,39-37-,42-40-,45-43-,48-46-,51-49-. The summed E-state index contributed by atoms with van der Waals surface area (Å²) in [6.45, 7) is 3.88. The molecule has 1 N–H and O–H groups in total. The average molecular weight is 1070 g/mol. The van der Waals surface area contributed by atoms with Gasteiger partial charge in [-0.25, -0.2) is 0 Å². The van der Waals surface area contributed by atoms with Crippen LogP contribution < -0.4 is 0 Å². The number of esters is 2. The van der Waals surface area contributed by atoms with Crippen LogP contribution in [-0.4, -0.2) is 36.4 Å². The Hall–Kier alpha value is -5.26. The van der Waals surface area contributed by atoms with Gasteiger partial charge in [-0.1, -0.05) is 272 Å². The molecule has 0 rings (SSSR count). The molecular formula is C73H112O5.